The van der Waals surface area contributed by atoms with Gasteiger partial charge in [0.25, 0.3) is 0 Å². The van der Waals surface area contributed by atoms with Crippen LogP contribution in [0.2, 0.25) is 0 Å². The van der Waals surface area contributed by atoms with Crippen LogP contribution in [-0.4, -0.2) is 186 Å². The molecule has 2 aromatic carbocycles. The van der Waals surface area contributed by atoms with E-state index in [1.807, 2.05) is 0 Å². The summed E-state index contributed by atoms with van der Waals surface area (Å²) in [6.45, 7) is 13.8. The molecule has 0 spiro atoms. The molecule has 0 fully saturated rings. The number of benzene rings is 2. The van der Waals surface area contributed by atoms with Crippen LogP contribution in [0.25, 0.3) is 0 Å². The highest BCUT2D eigenvalue weighted by Crippen LogP contribution is 2.19. The number of rotatable bonds is 42. The molecule has 32 heteroatoms. The molecule has 520 valence electrons. The number of carboxylic acids is 4. The van der Waals surface area contributed by atoms with E-state index in [4.69, 9.17) is 5.73 Å². The van der Waals surface area contributed by atoms with E-state index in [1.165, 1.54) is 38.1 Å². The standard InChI is InChI=1S/C62H91N11O21/c1-30(2)23-41(67-61(93)46(29-51(83)84)71-59(91)43(24-31(3)4)69-56(88)39(65-35(9)74)19-21-48(77)78)47(76)25-33(7)54(86)73-52(32(5)6)62(94)72-45(26-36-13-11-10-12-14-36)60(92)70-44(27-37-15-17-38(75)18-16-37)58(90)64-34(8)55(87)66-40(20-22-49(79)80)57(89)68-42(53(63)85)28-50(81)82/h10-18,30-34,39-47,52,75-76H,19-29H2,1-9H3,(H2,63,85)(H,64,90)(H,65,74)(H,66,87)(H,67,93)(H,68,89)(H,69,88)(H,70,92)(H,71,91)(H,72,94)(H,73,86)(H,77,78)(H,79,80)(H,81,82)(H,83,84)/t33-,34+,39+,40+,41+,42+,43+,44+,45+,46+,47+,52?/m1/s1. The Morgan fingerprint density at radius 2 is 0.830 bits per heavy atom. The number of phenolic OH excluding ortho intramolecular Hbond substituents is 1. The monoisotopic (exact) mass is 1330 g/mol. The molecule has 94 heavy (non-hydrogen) atoms. The third-order valence-corrected chi connectivity index (χ3v) is 14.5. The van der Waals surface area contributed by atoms with Crippen LogP contribution in [0.4, 0.5) is 0 Å². The molecule has 32 nitrogen and oxygen atoms in total. The van der Waals surface area contributed by atoms with Crippen molar-refractivity contribution in [3.63, 3.8) is 0 Å². The largest absolute Gasteiger partial charge is 0.508 e. The predicted octanol–water partition coefficient (Wildman–Crippen LogP) is -1.64. The second kappa shape index (κ2) is 39.6. The molecular formula is C62H91N11O21. The highest BCUT2D eigenvalue weighted by atomic mass is 16.4. The zero-order valence-electron chi connectivity index (χ0n) is 54.0. The molecule has 0 saturated heterocycles. The fraction of sp³-hybridized carbons (Fsp3) is 0.565. The molecule has 11 amide bonds. The summed E-state index contributed by atoms with van der Waals surface area (Å²) in [4.78, 5) is 195. The molecule has 0 saturated carbocycles. The second-order valence-electron chi connectivity index (χ2n) is 24.2. The number of hydrogen-bond donors (Lipinski definition) is 17. The Kier molecular flexibility index (Phi) is 33.9. The van der Waals surface area contributed by atoms with Gasteiger partial charge in [0, 0.05) is 38.5 Å². The SMILES string of the molecule is CC(=O)N[C@@H](CCC(=O)O)C(=O)N[C@@H](CC(C)C)C(=O)N[C@@H](CC(=O)O)C(=O)N[C@@H](CC(C)C)[C@@H](O)C[C@@H](C)C(=O)NC(C(=O)N[C@@H](Cc1ccccc1)C(=O)N[C@@H](Cc1ccc(O)cc1)C(=O)N[C@@H](C)C(=O)N[C@@H](CCC(=O)O)C(=O)N[C@@H](CC(=O)O)C(N)=O)C(C)C. The maximum Gasteiger partial charge on any atom is 0.305 e. The second-order valence-corrected chi connectivity index (χ2v) is 24.2. The van der Waals surface area contributed by atoms with E-state index in [1.54, 1.807) is 71.9 Å². The number of aliphatic hydroxyl groups is 1. The first-order chi connectivity index (χ1) is 43.9. The number of amides is 11. The predicted molar refractivity (Wildman–Crippen MR) is 334 cm³/mol. The Bertz CT molecular complexity index is 2980. The van der Waals surface area contributed by atoms with Gasteiger partial charge in [-0.15, -0.1) is 0 Å². The first-order valence-corrected chi connectivity index (χ1v) is 30.5. The van der Waals surface area contributed by atoms with Crippen LogP contribution in [-0.2, 0) is 84.8 Å². The minimum Gasteiger partial charge on any atom is -0.508 e. The number of carbonyl (C=O) groups excluding carboxylic acids is 11. The number of aromatic hydroxyl groups is 1. The van der Waals surface area contributed by atoms with Gasteiger partial charge in [-0.05, 0) is 80.0 Å². The molecule has 0 heterocycles. The van der Waals surface area contributed by atoms with Crippen molar-refractivity contribution >= 4 is 88.9 Å². The van der Waals surface area contributed by atoms with Crippen LogP contribution < -0.4 is 58.9 Å². The third kappa shape index (κ3) is 30.1. The van der Waals surface area contributed by atoms with E-state index in [0.29, 0.717) is 11.1 Å². The number of nitrogens with two attached hydrogens (primary N) is 1. The molecule has 0 radical (unpaired) electrons. The van der Waals surface area contributed by atoms with E-state index < -0.39 is 199 Å². The van der Waals surface area contributed by atoms with E-state index in [2.05, 4.69) is 53.2 Å². The Morgan fingerprint density at radius 1 is 0.415 bits per heavy atom. The number of primary amides is 1. The van der Waals surface area contributed by atoms with Crippen LogP contribution in [0.1, 0.15) is 131 Å². The lowest BCUT2D eigenvalue weighted by molar-refractivity contribution is -0.142. The third-order valence-electron chi connectivity index (χ3n) is 14.5. The van der Waals surface area contributed by atoms with Crippen LogP contribution in [0.3, 0.4) is 0 Å². The van der Waals surface area contributed by atoms with Crippen LogP contribution in [0.5, 0.6) is 5.75 Å². The lowest BCUT2D eigenvalue weighted by Gasteiger charge is -2.31. The highest BCUT2D eigenvalue weighted by molar-refractivity contribution is 5.99. The van der Waals surface area contributed by atoms with Crippen molar-refractivity contribution < 1.29 is 103 Å². The van der Waals surface area contributed by atoms with Gasteiger partial charge in [-0.3, -0.25) is 71.9 Å². The van der Waals surface area contributed by atoms with Gasteiger partial charge in [0.05, 0.1) is 25.0 Å². The lowest BCUT2D eigenvalue weighted by atomic mass is 9.91. The van der Waals surface area contributed by atoms with Gasteiger partial charge in [-0.25, -0.2) is 0 Å². The number of nitrogens with one attached hydrogen (secondary N) is 10. The van der Waals surface area contributed by atoms with Crippen molar-refractivity contribution in [2.24, 2.45) is 29.4 Å². The summed E-state index contributed by atoms with van der Waals surface area (Å²) in [5.41, 5.74) is 6.14. The van der Waals surface area contributed by atoms with Crippen molar-refractivity contribution in [3.05, 3.63) is 65.7 Å². The number of carbonyl (C=O) groups is 15. The number of aliphatic hydroxyl groups excluding tert-OH is 1. The van der Waals surface area contributed by atoms with Gasteiger partial charge < -0.3 is 89.5 Å². The highest BCUT2D eigenvalue weighted by Gasteiger charge is 2.37. The van der Waals surface area contributed by atoms with Gasteiger partial charge >= 0.3 is 23.9 Å². The maximum absolute atomic E-state index is 14.6. The smallest absolute Gasteiger partial charge is 0.305 e. The maximum atomic E-state index is 14.6. The Hall–Kier alpha value is -9.75. The minimum absolute atomic E-state index is 0.0433. The summed E-state index contributed by atoms with van der Waals surface area (Å²) in [5.74, 6) is -18.8. The Labute approximate surface area is 543 Å². The Morgan fingerprint density at radius 3 is 1.31 bits per heavy atom. The first-order valence-electron chi connectivity index (χ1n) is 30.5. The molecule has 0 aromatic heterocycles. The van der Waals surface area contributed by atoms with Gasteiger partial charge in [-0.2, -0.15) is 0 Å². The quantitative estimate of drug-likeness (QED) is 0.0355. The molecule has 0 aliphatic heterocycles. The van der Waals surface area contributed by atoms with Gasteiger partial charge in [-0.1, -0.05) is 90.9 Å². The van der Waals surface area contributed by atoms with E-state index in [-0.39, 0.29) is 56.1 Å². The van der Waals surface area contributed by atoms with Crippen molar-refractivity contribution in [1.82, 2.24) is 53.2 Å². The fourth-order valence-electron chi connectivity index (χ4n) is 9.53. The normalized spacial score (nSPS) is 15.0. The molecule has 1 unspecified atom stereocenters. The fourth-order valence-corrected chi connectivity index (χ4v) is 9.53. The molecule has 0 aliphatic rings. The van der Waals surface area contributed by atoms with Crippen molar-refractivity contribution in [2.75, 3.05) is 0 Å². The molecular weight excluding hydrogens is 1230 g/mol. The van der Waals surface area contributed by atoms with Crippen molar-refractivity contribution in [2.45, 2.75) is 199 Å². The lowest BCUT2D eigenvalue weighted by Crippen LogP contribution is -2.60. The average molecular weight is 1330 g/mol. The van der Waals surface area contributed by atoms with E-state index >= 15 is 0 Å². The minimum atomic E-state index is -1.79. The molecule has 2 aromatic rings. The zero-order valence-corrected chi connectivity index (χ0v) is 54.0. The summed E-state index contributed by atoms with van der Waals surface area (Å²) in [6.07, 6.45) is -6.35. The summed E-state index contributed by atoms with van der Waals surface area (Å²) in [5, 5.41) is 83.8. The van der Waals surface area contributed by atoms with Crippen molar-refractivity contribution in [3.8, 4) is 5.75 Å². The zero-order chi connectivity index (χ0) is 71.3. The molecule has 18 N–H and O–H groups in total. The molecule has 0 aliphatic carbocycles. The molecule has 0 bridgehead atoms. The summed E-state index contributed by atoms with van der Waals surface area (Å²) in [7, 11) is 0. The number of carboxylic acid groups (broad SMARTS) is 4. The van der Waals surface area contributed by atoms with Gasteiger partial charge in [0.2, 0.25) is 65.0 Å². The average Bonchev–Trinajstić information content (AvgIpc) is 1.07. The van der Waals surface area contributed by atoms with Crippen LogP contribution in [0, 0.1) is 23.7 Å². The topological polar surface area (TPSA) is 524 Å². The van der Waals surface area contributed by atoms with Gasteiger partial charge in [0.1, 0.15) is 60.1 Å². The van der Waals surface area contributed by atoms with Crippen molar-refractivity contribution in [1.29, 1.82) is 0 Å². The summed E-state index contributed by atoms with van der Waals surface area (Å²) >= 11 is 0. The first kappa shape index (κ1) is 80.3. The molecule has 12 atom stereocenters. The van der Waals surface area contributed by atoms with Crippen LogP contribution >= 0.6 is 0 Å². The summed E-state index contributed by atoms with van der Waals surface area (Å²) < 4.78 is 0. The van der Waals surface area contributed by atoms with Crippen LogP contribution in [0.15, 0.2) is 54.6 Å². The molecule has 2 rings (SSSR count). The van der Waals surface area contributed by atoms with E-state index in [0.717, 1.165) is 6.92 Å². The Balaban J connectivity index is 2.44. The van der Waals surface area contributed by atoms with E-state index in [9.17, 15) is 103 Å². The number of hydrogen-bond acceptors (Lipinski definition) is 17. The number of aliphatic carboxylic acids is 4. The summed E-state index contributed by atoms with van der Waals surface area (Å²) in [6, 6.07) is -1.33. The number of phenols is 1. The van der Waals surface area contributed by atoms with Gasteiger partial charge in [0.15, 0.2) is 0 Å².